The summed E-state index contributed by atoms with van der Waals surface area (Å²) >= 11 is 7.32. The highest BCUT2D eigenvalue weighted by Crippen LogP contribution is 2.39. The standard InChI is InChI=1S/C23H23ClN2O7S/c1-3-32-19-12-16(13-20-22(27)25(23(28)34-20)8-5-9-31-2)11-18(24)21(19)33-14-15-6-4-7-17(10-15)26(29)30/h4,6-7,10-13H,3,5,8-9,14H2,1-2H3/b20-13+. The number of nitro groups is 1. The van der Waals surface area contributed by atoms with Gasteiger partial charge in [-0.05, 0) is 54.4 Å². The number of rotatable bonds is 11. The Morgan fingerprint density at radius 1 is 1.21 bits per heavy atom. The summed E-state index contributed by atoms with van der Waals surface area (Å²) in [5, 5.41) is 10.9. The van der Waals surface area contributed by atoms with E-state index in [2.05, 4.69) is 0 Å². The highest BCUT2D eigenvalue weighted by atomic mass is 35.5. The fourth-order valence-corrected chi connectivity index (χ4v) is 4.34. The smallest absolute Gasteiger partial charge is 0.293 e. The molecule has 0 spiro atoms. The third-order valence-corrected chi connectivity index (χ3v) is 5.93. The molecule has 2 aromatic rings. The minimum atomic E-state index is -0.476. The molecular weight excluding hydrogens is 484 g/mol. The van der Waals surface area contributed by atoms with Crippen molar-refractivity contribution in [1.82, 2.24) is 4.90 Å². The Kier molecular flexibility index (Phi) is 8.91. The second-order valence-electron chi connectivity index (χ2n) is 7.16. The third kappa shape index (κ3) is 6.28. The predicted octanol–water partition coefficient (Wildman–Crippen LogP) is 5.30. The minimum absolute atomic E-state index is 0.0382. The molecule has 3 rings (SSSR count). The minimum Gasteiger partial charge on any atom is -0.490 e. The van der Waals surface area contributed by atoms with Crippen molar-refractivity contribution in [3.8, 4) is 11.5 Å². The van der Waals surface area contributed by atoms with Gasteiger partial charge in [0.25, 0.3) is 16.8 Å². The van der Waals surface area contributed by atoms with Crippen molar-refractivity contribution in [2.45, 2.75) is 20.0 Å². The van der Waals surface area contributed by atoms with E-state index in [0.717, 1.165) is 11.8 Å². The molecule has 11 heteroatoms. The average molecular weight is 507 g/mol. The SMILES string of the molecule is CCOc1cc(/C=C2/SC(=O)N(CCCOC)C2=O)cc(Cl)c1OCc1cccc([N+](=O)[O-])c1. The van der Waals surface area contributed by atoms with E-state index in [0.29, 0.717) is 36.5 Å². The van der Waals surface area contributed by atoms with Crippen LogP contribution in [0.3, 0.4) is 0 Å². The molecule has 1 aliphatic rings. The van der Waals surface area contributed by atoms with Crippen molar-refractivity contribution in [2.75, 3.05) is 26.9 Å². The van der Waals surface area contributed by atoms with Crippen molar-refractivity contribution in [3.63, 3.8) is 0 Å². The molecule has 34 heavy (non-hydrogen) atoms. The van der Waals surface area contributed by atoms with Crippen molar-refractivity contribution in [1.29, 1.82) is 0 Å². The number of ether oxygens (including phenoxy) is 3. The third-order valence-electron chi connectivity index (χ3n) is 4.74. The van der Waals surface area contributed by atoms with Gasteiger partial charge < -0.3 is 14.2 Å². The van der Waals surface area contributed by atoms with Gasteiger partial charge in [0.2, 0.25) is 0 Å². The lowest BCUT2D eigenvalue weighted by Gasteiger charge is -2.15. The van der Waals surface area contributed by atoms with Crippen LogP contribution < -0.4 is 9.47 Å². The van der Waals surface area contributed by atoms with E-state index in [1.165, 1.54) is 17.0 Å². The van der Waals surface area contributed by atoms with Gasteiger partial charge in [-0.1, -0.05) is 23.7 Å². The van der Waals surface area contributed by atoms with Crippen LogP contribution >= 0.6 is 23.4 Å². The summed E-state index contributed by atoms with van der Waals surface area (Å²) in [6, 6.07) is 9.37. The lowest BCUT2D eigenvalue weighted by molar-refractivity contribution is -0.384. The molecule has 0 atom stereocenters. The number of methoxy groups -OCH3 is 1. The number of halogens is 1. The van der Waals surface area contributed by atoms with Crippen LogP contribution in [0, 0.1) is 10.1 Å². The number of nitro benzene ring substituents is 1. The molecule has 2 aromatic carbocycles. The van der Waals surface area contributed by atoms with Crippen LogP contribution in [0.1, 0.15) is 24.5 Å². The maximum absolute atomic E-state index is 12.7. The Bertz CT molecular complexity index is 1120. The Hall–Kier alpha value is -3.08. The largest absolute Gasteiger partial charge is 0.490 e. The van der Waals surface area contributed by atoms with Crippen molar-refractivity contribution >= 4 is 46.3 Å². The molecule has 0 unspecified atom stereocenters. The monoisotopic (exact) mass is 506 g/mol. The number of thioether (sulfide) groups is 1. The van der Waals surface area contributed by atoms with E-state index in [1.807, 2.05) is 0 Å². The number of non-ortho nitro benzene ring substituents is 1. The first-order valence-corrected chi connectivity index (χ1v) is 11.6. The van der Waals surface area contributed by atoms with Crippen LogP contribution in [0.5, 0.6) is 11.5 Å². The van der Waals surface area contributed by atoms with Crippen LogP contribution in [0.25, 0.3) is 6.08 Å². The Labute approximate surface area is 205 Å². The van der Waals surface area contributed by atoms with Gasteiger partial charge in [-0.3, -0.25) is 24.6 Å². The summed E-state index contributed by atoms with van der Waals surface area (Å²) in [5.41, 5.74) is 1.13. The van der Waals surface area contributed by atoms with Crippen LogP contribution in [0.15, 0.2) is 41.3 Å². The molecule has 0 aliphatic carbocycles. The van der Waals surface area contributed by atoms with Crippen molar-refractivity contribution in [3.05, 3.63) is 67.6 Å². The number of amides is 2. The summed E-state index contributed by atoms with van der Waals surface area (Å²) in [5.74, 6) is 0.261. The number of nitrogens with zero attached hydrogens (tertiary/aromatic N) is 2. The van der Waals surface area contributed by atoms with E-state index in [4.69, 9.17) is 25.8 Å². The number of hydrogen-bond acceptors (Lipinski definition) is 8. The van der Waals surface area contributed by atoms with E-state index >= 15 is 0 Å². The Morgan fingerprint density at radius 3 is 2.71 bits per heavy atom. The topological polar surface area (TPSA) is 108 Å². The summed E-state index contributed by atoms with van der Waals surface area (Å²) < 4.78 is 16.5. The molecule has 0 saturated carbocycles. The fraction of sp³-hybridized carbons (Fsp3) is 0.304. The molecule has 1 aliphatic heterocycles. The number of hydrogen-bond donors (Lipinski definition) is 0. The van der Waals surface area contributed by atoms with E-state index < -0.39 is 4.92 Å². The van der Waals surface area contributed by atoms with Gasteiger partial charge in [-0.15, -0.1) is 0 Å². The molecule has 0 radical (unpaired) electrons. The van der Waals surface area contributed by atoms with Crippen LogP contribution in [0.2, 0.25) is 5.02 Å². The van der Waals surface area contributed by atoms with Crippen molar-refractivity contribution in [2.24, 2.45) is 0 Å². The molecule has 0 N–H and O–H groups in total. The molecule has 1 fully saturated rings. The van der Waals surface area contributed by atoms with E-state index in [9.17, 15) is 19.7 Å². The molecule has 180 valence electrons. The van der Waals surface area contributed by atoms with Crippen LogP contribution in [-0.2, 0) is 16.1 Å². The van der Waals surface area contributed by atoms with E-state index in [1.54, 1.807) is 44.4 Å². The highest BCUT2D eigenvalue weighted by molar-refractivity contribution is 8.18. The van der Waals surface area contributed by atoms with Gasteiger partial charge in [-0.25, -0.2) is 0 Å². The number of carbonyl (C=O) groups excluding carboxylic acids is 2. The molecule has 0 bridgehead atoms. The lowest BCUT2D eigenvalue weighted by Crippen LogP contribution is -2.29. The molecule has 0 aromatic heterocycles. The molecule has 1 heterocycles. The van der Waals surface area contributed by atoms with Crippen LogP contribution in [0.4, 0.5) is 10.5 Å². The summed E-state index contributed by atoms with van der Waals surface area (Å²) in [6.45, 7) is 2.91. The van der Waals surface area contributed by atoms with Gasteiger partial charge in [0.15, 0.2) is 11.5 Å². The van der Waals surface area contributed by atoms with E-state index in [-0.39, 0.29) is 45.7 Å². The van der Waals surface area contributed by atoms with Gasteiger partial charge >= 0.3 is 0 Å². The van der Waals surface area contributed by atoms with Crippen LogP contribution in [-0.4, -0.2) is 47.8 Å². The van der Waals surface area contributed by atoms with Gasteiger partial charge in [0.1, 0.15) is 6.61 Å². The maximum Gasteiger partial charge on any atom is 0.293 e. The molecule has 9 nitrogen and oxygen atoms in total. The Morgan fingerprint density at radius 2 is 2.00 bits per heavy atom. The fourth-order valence-electron chi connectivity index (χ4n) is 3.20. The number of imide groups is 1. The molecular formula is C23H23ClN2O7S. The predicted molar refractivity (Wildman–Crippen MR) is 129 cm³/mol. The maximum atomic E-state index is 12.7. The summed E-state index contributed by atoms with van der Waals surface area (Å²) in [7, 11) is 1.56. The number of benzene rings is 2. The average Bonchev–Trinajstić information content (AvgIpc) is 3.06. The zero-order valence-electron chi connectivity index (χ0n) is 18.6. The lowest BCUT2D eigenvalue weighted by atomic mass is 10.1. The van der Waals surface area contributed by atoms with Gasteiger partial charge in [0, 0.05) is 32.4 Å². The highest BCUT2D eigenvalue weighted by Gasteiger charge is 2.34. The van der Waals surface area contributed by atoms with Gasteiger partial charge in [0.05, 0.1) is 21.5 Å². The zero-order valence-corrected chi connectivity index (χ0v) is 20.2. The molecule has 1 saturated heterocycles. The quantitative estimate of drug-likeness (QED) is 0.175. The second kappa shape index (κ2) is 11.9. The first kappa shape index (κ1) is 25.5. The molecule has 2 amide bonds. The Balaban J connectivity index is 1.81. The number of carbonyl (C=O) groups is 2. The first-order chi connectivity index (χ1) is 16.3. The second-order valence-corrected chi connectivity index (χ2v) is 8.56. The normalized spacial score (nSPS) is 14.7. The summed E-state index contributed by atoms with van der Waals surface area (Å²) in [6.07, 6.45) is 2.14. The first-order valence-electron chi connectivity index (χ1n) is 10.4. The van der Waals surface area contributed by atoms with Gasteiger partial charge in [-0.2, -0.15) is 0 Å². The van der Waals surface area contributed by atoms with Crippen molar-refractivity contribution < 1.29 is 28.7 Å². The summed E-state index contributed by atoms with van der Waals surface area (Å²) in [4.78, 5) is 36.9. The zero-order chi connectivity index (χ0) is 24.7.